The summed E-state index contributed by atoms with van der Waals surface area (Å²) in [5.74, 6) is -0.374. The fourth-order valence-electron chi connectivity index (χ4n) is 7.70. The molecule has 2 rings (SSSR count). The topological polar surface area (TPSA) is 214 Å². The molecule has 0 spiro atoms. The number of esters is 1. The van der Waals surface area contributed by atoms with Gasteiger partial charge in [0.1, 0.15) is 54.9 Å². The van der Waals surface area contributed by atoms with E-state index in [0.29, 0.717) is 13.0 Å². The molecular weight excluding hydrogens is 764 g/mol. The Hall–Kier alpha value is -1.01. The predicted octanol–water partition coefficient (Wildman–Crippen LogP) is 5.74. The molecule has 2 fully saturated rings. The molecule has 2 aliphatic heterocycles. The zero-order valence-corrected chi connectivity index (χ0v) is 36.8. The van der Waals surface area contributed by atoms with Crippen LogP contribution in [0.2, 0.25) is 0 Å². The molecule has 0 aromatic carbocycles. The van der Waals surface area contributed by atoms with Gasteiger partial charge in [-0.1, -0.05) is 162 Å². The molecule has 7 N–H and O–H groups in total. The highest BCUT2D eigenvalue weighted by Gasteiger charge is 2.47. The summed E-state index contributed by atoms with van der Waals surface area (Å²) in [4.78, 5) is 12.9. The second kappa shape index (κ2) is 34.5. The summed E-state index contributed by atoms with van der Waals surface area (Å²) in [7, 11) is 0. The van der Waals surface area contributed by atoms with Gasteiger partial charge in [-0.2, -0.15) is 0 Å². The van der Waals surface area contributed by atoms with Crippen molar-refractivity contribution in [3.05, 3.63) is 0 Å². The minimum absolute atomic E-state index is 0.0695. The van der Waals surface area contributed by atoms with Crippen molar-refractivity contribution in [3.8, 4) is 0 Å². The van der Waals surface area contributed by atoms with Gasteiger partial charge in [0.15, 0.2) is 12.6 Å². The summed E-state index contributed by atoms with van der Waals surface area (Å²) >= 11 is 0. The van der Waals surface area contributed by atoms with Crippen LogP contribution >= 0.6 is 0 Å². The molecule has 350 valence electrons. The van der Waals surface area contributed by atoms with Gasteiger partial charge in [-0.25, -0.2) is 0 Å². The summed E-state index contributed by atoms with van der Waals surface area (Å²) in [6.07, 6.45) is 14.6. The highest BCUT2D eigenvalue weighted by Crippen LogP contribution is 2.26. The number of ether oxygens (including phenoxy) is 6. The lowest BCUT2D eigenvalue weighted by atomic mass is 9.98. The second-order valence-electron chi connectivity index (χ2n) is 16.9. The summed E-state index contributed by atoms with van der Waals surface area (Å²) in [5, 5.41) is 71.9. The Labute approximate surface area is 355 Å². The number of unbranched alkanes of at least 4 members (excludes halogenated alkanes) is 23. The van der Waals surface area contributed by atoms with Crippen molar-refractivity contribution < 1.29 is 69.0 Å². The third-order valence-electron chi connectivity index (χ3n) is 11.6. The lowest BCUT2D eigenvalue weighted by Gasteiger charge is -2.42. The molecule has 0 saturated carbocycles. The molecule has 0 radical (unpaired) electrons. The second-order valence-corrected chi connectivity index (χ2v) is 16.9. The van der Waals surface area contributed by atoms with Crippen LogP contribution in [0.3, 0.4) is 0 Å². The van der Waals surface area contributed by atoms with E-state index in [1.807, 2.05) is 0 Å². The van der Waals surface area contributed by atoms with Crippen LogP contribution in [-0.2, 0) is 33.2 Å². The minimum Gasteiger partial charge on any atom is -0.457 e. The minimum atomic E-state index is -1.70. The highest BCUT2D eigenvalue weighted by atomic mass is 16.7. The number of hydrogen-bond donors (Lipinski definition) is 7. The summed E-state index contributed by atoms with van der Waals surface area (Å²) < 4.78 is 34.2. The number of carbonyl (C=O) groups excluding carboxylic acids is 1. The Balaban J connectivity index is 1.80. The number of rotatable bonds is 37. The van der Waals surface area contributed by atoms with Crippen LogP contribution in [0.5, 0.6) is 0 Å². The maximum absolute atomic E-state index is 12.9. The summed E-state index contributed by atoms with van der Waals surface area (Å²) in [6.45, 7) is 3.70. The largest absolute Gasteiger partial charge is 0.457 e. The molecule has 0 bridgehead atoms. The third-order valence-corrected chi connectivity index (χ3v) is 11.6. The first-order chi connectivity index (χ1) is 28.6. The molecule has 11 unspecified atom stereocenters. The van der Waals surface area contributed by atoms with Crippen molar-refractivity contribution in [2.45, 2.75) is 248 Å². The molecular formula is C45H86O14. The number of aliphatic hydroxyl groups is 7. The van der Waals surface area contributed by atoms with E-state index in [1.54, 1.807) is 0 Å². The van der Waals surface area contributed by atoms with Crippen molar-refractivity contribution >= 4 is 5.97 Å². The van der Waals surface area contributed by atoms with Gasteiger partial charge in [-0.05, 0) is 12.8 Å². The van der Waals surface area contributed by atoms with Crippen molar-refractivity contribution in [2.24, 2.45) is 0 Å². The van der Waals surface area contributed by atoms with Crippen molar-refractivity contribution in [1.82, 2.24) is 0 Å². The van der Waals surface area contributed by atoms with E-state index < -0.39 is 80.7 Å². The zero-order chi connectivity index (χ0) is 43.1. The fraction of sp³-hybridized carbons (Fsp3) is 0.978. The average molecular weight is 851 g/mol. The van der Waals surface area contributed by atoms with Gasteiger partial charge in [0.2, 0.25) is 0 Å². The molecule has 0 aliphatic carbocycles. The van der Waals surface area contributed by atoms with E-state index in [4.69, 9.17) is 28.4 Å². The molecule has 59 heavy (non-hydrogen) atoms. The summed E-state index contributed by atoms with van der Waals surface area (Å²) in [5.41, 5.74) is 0. The van der Waals surface area contributed by atoms with Crippen molar-refractivity contribution in [2.75, 3.05) is 33.0 Å². The van der Waals surface area contributed by atoms with Crippen LogP contribution in [0.25, 0.3) is 0 Å². The molecule has 0 amide bonds. The molecule has 2 saturated heterocycles. The van der Waals surface area contributed by atoms with Crippen LogP contribution in [0.4, 0.5) is 0 Å². The van der Waals surface area contributed by atoms with E-state index in [9.17, 15) is 40.5 Å². The Bertz CT molecular complexity index is 990. The van der Waals surface area contributed by atoms with Crippen molar-refractivity contribution in [3.63, 3.8) is 0 Å². The van der Waals surface area contributed by atoms with Crippen molar-refractivity contribution in [1.29, 1.82) is 0 Å². The number of aliphatic hydroxyl groups excluding tert-OH is 7. The lowest BCUT2D eigenvalue weighted by Crippen LogP contribution is -2.61. The maximum Gasteiger partial charge on any atom is 0.306 e. The number of hydrogen-bond acceptors (Lipinski definition) is 14. The van der Waals surface area contributed by atoms with Crippen LogP contribution < -0.4 is 0 Å². The fourth-order valence-corrected chi connectivity index (χ4v) is 7.70. The van der Waals surface area contributed by atoms with Gasteiger partial charge in [-0.15, -0.1) is 0 Å². The summed E-state index contributed by atoms with van der Waals surface area (Å²) in [6, 6.07) is 0. The Morgan fingerprint density at radius 3 is 1.37 bits per heavy atom. The van der Waals surface area contributed by atoms with Gasteiger partial charge >= 0.3 is 5.97 Å². The average Bonchev–Trinajstić information content (AvgIpc) is 3.23. The lowest BCUT2D eigenvalue weighted by molar-refractivity contribution is -0.332. The Morgan fingerprint density at radius 1 is 0.492 bits per heavy atom. The van der Waals surface area contributed by atoms with E-state index in [-0.39, 0.29) is 25.6 Å². The van der Waals surface area contributed by atoms with Crippen LogP contribution in [0, 0.1) is 0 Å². The first-order valence-electron chi connectivity index (χ1n) is 23.6. The first-order valence-corrected chi connectivity index (χ1v) is 23.6. The molecule has 11 atom stereocenters. The zero-order valence-electron chi connectivity index (χ0n) is 36.8. The first kappa shape index (κ1) is 54.1. The van der Waals surface area contributed by atoms with E-state index in [2.05, 4.69) is 13.8 Å². The smallest absolute Gasteiger partial charge is 0.306 e. The third kappa shape index (κ3) is 23.3. The molecule has 14 nitrogen and oxygen atoms in total. The van der Waals surface area contributed by atoms with E-state index in [0.717, 1.165) is 38.5 Å². The standard InChI is InChI=1S/C45H86O14/c1-3-5-7-9-11-13-15-16-17-19-21-23-25-27-29-54-31-34(57-37(47)28-26-24-22-20-18-14-12-10-8-6-4-2)32-55-44-43(53)41(51)39(49)36(59-44)33-56-45-42(52)40(50)38(48)35(30-46)58-45/h34-36,38-46,48-53H,3-33H2,1-2H3. The highest BCUT2D eigenvalue weighted by molar-refractivity contribution is 5.69. The van der Waals surface area contributed by atoms with Gasteiger partial charge in [0.05, 0.1) is 26.4 Å². The van der Waals surface area contributed by atoms with Gasteiger partial charge < -0.3 is 64.2 Å². The molecule has 0 aromatic heterocycles. The van der Waals surface area contributed by atoms with Crippen LogP contribution in [0.15, 0.2) is 0 Å². The quantitative estimate of drug-likeness (QED) is 0.0294. The molecule has 14 heteroatoms. The normalized spacial score (nSPS) is 27.9. The van der Waals surface area contributed by atoms with E-state index in [1.165, 1.54) is 116 Å². The van der Waals surface area contributed by atoms with Gasteiger partial charge in [0.25, 0.3) is 0 Å². The maximum atomic E-state index is 12.9. The van der Waals surface area contributed by atoms with Crippen LogP contribution in [0.1, 0.15) is 181 Å². The predicted molar refractivity (Wildman–Crippen MR) is 224 cm³/mol. The van der Waals surface area contributed by atoms with Gasteiger partial charge in [0, 0.05) is 13.0 Å². The number of carbonyl (C=O) groups is 1. The molecule has 0 aromatic rings. The van der Waals surface area contributed by atoms with E-state index >= 15 is 0 Å². The Morgan fingerprint density at radius 2 is 0.898 bits per heavy atom. The Kier molecular flexibility index (Phi) is 31.6. The molecule has 2 aliphatic rings. The monoisotopic (exact) mass is 851 g/mol. The molecule has 2 heterocycles. The van der Waals surface area contributed by atoms with Crippen LogP contribution in [-0.4, -0.2) is 142 Å². The van der Waals surface area contributed by atoms with Gasteiger partial charge in [-0.3, -0.25) is 4.79 Å². The SMILES string of the molecule is CCCCCCCCCCCCCCCCOCC(COC1OC(COC2OC(CO)C(O)C(O)C2O)C(O)C(O)C1O)OC(=O)CCCCCCCCCCCCC.